The fraction of sp³-hybridized carbons (Fsp3) is 0.438. The van der Waals surface area contributed by atoms with Gasteiger partial charge in [-0.05, 0) is 23.8 Å². The zero-order valence-electron chi connectivity index (χ0n) is 13.9. The Balaban J connectivity index is 1.90. The summed E-state index contributed by atoms with van der Waals surface area (Å²) in [6.45, 7) is 1.16. The maximum Gasteiger partial charge on any atom is 0.269 e. The van der Waals surface area contributed by atoms with Crippen molar-refractivity contribution in [1.82, 2.24) is 10.2 Å². The first-order valence-electron chi connectivity index (χ1n) is 8.11. The van der Waals surface area contributed by atoms with Gasteiger partial charge in [-0.25, -0.2) is 0 Å². The van der Waals surface area contributed by atoms with E-state index in [0.29, 0.717) is 18.7 Å². The molecule has 1 spiro atoms. The molecule has 10 heteroatoms. The van der Waals surface area contributed by atoms with E-state index < -0.39 is 28.2 Å². The number of amides is 2. The first kappa shape index (κ1) is 16.9. The van der Waals surface area contributed by atoms with E-state index in [9.17, 15) is 19.7 Å². The van der Waals surface area contributed by atoms with E-state index in [1.165, 1.54) is 24.1 Å². The number of morpholine rings is 1. The number of benzene rings is 1. The molecule has 4 rings (SSSR count). The van der Waals surface area contributed by atoms with Crippen LogP contribution in [0.15, 0.2) is 18.2 Å². The van der Waals surface area contributed by atoms with Crippen LogP contribution in [0.4, 0.5) is 11.4 Å². The molecular formula is C16H16N4O5S. The number of anilines is 1. The van der Waals surface area contributed by atoms with E-state index in [1.54, 1.807) is 6.07 Å². The van der Waals surface area contributed by atoms with Crippen molar-refractivity contribution < 1.29 is 19.2 Å². The number of nitrogens with zero attached hydrogens (tertiary/aromatic N) is 3. The first-order chi connectivity index (χ1) is 12.4. The van der Waals surface area contributed by atoms with Crippen molar-refractivity contribution in [3.05, 3.63) is 33.9 Å². The fourth-order valence-corrected chi connectivity index (χ4v) is 4.23. The third kappa shape index (κ3) is 2.15. The van der Waals surface area contributed by atoms with Crippen molar-refractivity contribution >= 4 is 40.5 Å². The highest BCUT2D eigenvalue weighted by molar-refractivity contribution is 7.80. The lowest BCUT2D eigenvalue weighted by molar-refractivity contribution is -0.384. The Kier molecular flexibility index (Phi) is 3.70. The molecule has 1 aromatic rings. The summed E-state index contributed by atoms with van der Waals surface area (Å²) in [5.74, 6) is -0.896. The Bertz CT molecular complexity index is 859. The number of nitrogens with one attached hydrogen (secondary N) is 1. The summed E-state index contributed by atoms with van der Waals surface area (Å²) in [6, 6.07) is 4.06. The van der Waals surface area contributed by atoms with Gasteiger partial charge in [0, 0.05) is 37.8 Å². The molecule has 3 aliphatic heterocycles. The Morgan fingerprint density at radius 3 is 2.92 bits per heavy atom. The van der Waals surface area contributed by atoms with E-state index in [0.717, 1.165) is 5.69 Å². The van der Waals surface area contributed by atoms with Gasteiger partial charge < -0.3 is 15.0 Å². The van der Waals surface area contributed by atoms with Crippen LogP contribution in [0.3, 0.4) is 0 Å². The summed E-state index contributed by atoms with van der Waals surface area (Å²) in [4.78, 5) is 40.0. The monoisotopic (exact) mass is 376 g/mol. The minimum Gasteiger partial charge on any atom is -0.377 e. The zero-order valence-corrected chi connectivity index (χ0v) is 14.7. The van der Waals surface area contributed by atoms with Gasteiger partial charge >= 0.3 is 0 Å². The first-order valence-corrected chi connectivity index (χ1v) is 8.52. The SMILES string of the molecule is CN1C(=O)[C@@]2(Cc3cc([N+](=O)[O-])ccc3N3CCOC[C@@H]32)C(=O)NC1=S. The predicted molar refractivity (Wildman–Crippen MR) is 94.7 cm³/mol. The average Bonchev–Trinajstić information content (AvgIpc) is 2.64. The number of rotatable bonds is 1. The zero-order chi connectivity index (χ0) is 18.6. The predicted octanol–water partition coefficient (Wildman–Crippen LogP) is 0.216. The normalized spacial score (nSPS) is 27.9. The lowest BCUT2D eigenvalue weighted by Crippen LogP contribution is -2.73. The number of fused-ring (bicyclic) bond motifs is 4. The summed E-state index contributed by atoms with van der Waals surface area (Å²) in [6.07, 6.45) is 0.0617. The van der Waals surface area contributed by atoms with E-state index in [1.807, 2.05) is 4.90 Å². The Morgan fingerprint density at radius 1 is 1.42 bits per heavy atom. The fourth-order valence-electron chi connectivity index (χ4n) is 4.06. The molecule has 9 nitrogen and oxygen atoms in total. The van der Waals surface area contributed by atoms with Crippen LogP contribution in [-0.4, -0.2) is 59.6 Å². The van der Waals surface area contributed by atoms with Crippen LogP contribution in [-0.2, 0) is 20.7 Å². The van der Waals surface area contributed by atoms with Crippen molar-refractivity contribution in [3.8, 4) is 0 Å². The van der Waals surface area contributed by atoms with Crippen molar-refractivity contribution in [2.75, 3.05) is 31.7 Å². The van der Waals surface area contributed by atoms with Crippen molar-refractivity contribution in [3.63, 3.8) is 0 Å². The molecule has 136 valence electrons. The van der Waals surface area contributed by atoms with Crippen LogP contribution in [0, 0.1) is 15.5 Å². The Labute approximate surface area is 154 Å². The molecule has 1 N–H and O–H groups in total. The van der Waals surface area contributed by atoms with Gasteiger partial charge in [-0.15, -0.1) is 0 Å². The van der Waals surface area contributed by atoms with E-state index in [-0.39, 0.29) is 23.8 Å². The van der Waals surface area contributed by atoms with Crippen molar-refractivity contribution in [2.45, 2.75) is 12.5 Å². The number of non-ortho nitro benzene ring substituents is 1. The molecule has 0 unspecified atom stereocenters. The second-order valence-corrected chi connectivity index (χ2v) is 7.01. The van der Waals surface area contributed by atoms with Gasteiger partial charge in [-0.1, -0.05) is 0 Å². The topological polar surface area (TPSA) is 105 Å². The highest BCUT2D eigenvalue weighted by Crippen LogP contribution is 2.45. The smallest absolute Gasteiger partial charge is 0.269 e. The third-order valence-electron chi connectivity index (χ3n) is 5.37. The Morgan fingerprint density at radius 2 is 2.19 bits per heavy atom. The minimum atomic E-state index is -1.43. The molecule has 2 atom stereocenters. The molecule has 0 aromatic heterocycles. The lowest BCUT2D eigenvalue weighted by atomic mass is 9.68. The van der Waals surface area contributed by atoms with Gasteiger partial charge in [0.15, 0.2) is 10.5 Å². The number of ether oxygens (including phenoxy) is 1. The standard InChI is InChI=1S/C16H16N4O5S/c1-18-14(22)16(13(21)17-15(18)26)7-9-6-10(20(23)24)2-3-11(9)19-4-5-25-8-12(16)19/h2-3,6,12H,4-5,7-8H2,1H3,(H,17,21,26)/t12-,16-/m1/s1. The number of carbonyl (C=O) groups is 2. The molecule has 0 radical (unpaired) electrons. The maximum absolute atomic E-state index is 13.2. The second-order valence-electron chi connectivity index (χ2n) is 6.63. The summed E-state index contributed by atoms with van der Waals surface area (Å²) < 4.78 is 5.57. The molecule has 0 saturated carbocycles. The molecule has 2 fully saturated rings. The second kappa shape index (κ2) is 5.71. The number of nitro benzene ring substituents is 1. The van der Waals surface area contributed by atoms with Gasteiger partial charge in [-0.2, -0.15) is 0 Å². The molecule has 26 heavy (non-hydrogen) atoms. The summed E-state index contributed by atoms with van der Waals surface area (Å²) in [5, 5.41) is 13.8. The van der Waals surface area contributed by atoms with Crippen molar-refractivity contribution in [1.29, 1.82) is 0 Å². The summed E-state index contributed by atoms with van der Waals surface area (Å²) in [5.41, 5.74) is -0.106. The third-order valence-corrected chi connectivity index (χ3v) is 5.74. The lowest BCUT2D eigenvalue weighted by Gasteiger charge is -2.53. The van der Waals surface area contributed by atoms with Crippen LogP contribution in [0.2, 0.25) is 0 Å². The van der Waals surface area contributed by atoms with E-state index in [2.05, 4.69) is 5.32 Å². The van der Waals surface area contributed by atoms with Gasteiger partial charge in [0.05, 0.1) is 24.2 Å². The van der Waals surface area contributed by atoms with Crippen LogP contribution in [0.1, 0.15) is 5.56 Å². The van der Waals surface area contributed by atoms with Gasteiger partial charge in [0.25, 0.3) is 5.69 Å². The van der Waals surface area contributed by atoms with E-state index >= 15 is 0 Å². The largest absolute Gasteiger partial charge is 0.377 e. The Hall–Kier alpha value is -2.59. The number of thiocarbonyl (C=S) groups is 1. The van der Waals surface area contributed by atoms with Crippen LogP contribution < -0.4 is 10.2 Å². The van der Waals surface area contributed by atoms with Crippen LogP contribution >= 0.6 is 12.2 Å². The molecule has 3 heterocycles. The molecule has 3 aliphatic rings. The summed E-state index contributed by atoms with van der Waals surface area (Å²) >= 11 is 5.05. The van der Waals surface area contributed by atoms with Gasteiger partial charge in [0.1, 0.15) is 0 Å². The van der Waals surface area contributed by atoms with Gasteiger partial charge in [0.2, 0.25) is 11.8 Å². The van der Waals surface area contributed by atoms with Gasteiger partial charge in [-0.3, -0.25) is 24.6 Å². The molecular weight excluding hydrogens is 360 g/mol. The number of nitro groups is 1. The average molecular weight is 376 g/mol. The highest BCUT2D eigenvalue weighted by Gasteiger charge is 2.61. The maximum atomic E-state index is 13.2. The quantitative estimate of drug-likeness (QED) is 0.323. The molecule has 1 aromatic carbocycles. The van der Waals surface area contributed by atoms with E-state index in [4.69, 9.17) is 17.0 Å². The number of hydrogen-bond donors (Lipinski definition) is 1. The number of carbonyl (C=O) groups excluding carboxylic acids is 2. The number of hydrogen-bond acceptors (Lipinski definition) is 7. The molecule has 2 amide bonds. The summed E-state index contributed by atoms with van der Waals surface area (Å²) in [7, 11) is 1.52. The highest BCUT2D eigenvalue weighted by atomic mass is 32.1. The minimum absolute atomic E-state index is 0.0544. The van der Waals surface area contributed by atoms with Crippen LogP contribution in [0.5, 0.6) is 0 Å². The molecule has 2 saturated heterocycles. The van der Waals surface area contributed by atoms with Crippen molar-refractivity contribution in [2.24, 2.45) is 5.41 Å². The molecule has 0 bridgehead atoms. The molecule has 0 aliphatic carbocycles. The van der Waals surface area contributed by atoms with Crippen LogP contribution in [0.25, 0.3) is 0 Å².